The van der Waals surface area contributed by atoms with E-state index in [2.05, 4.69) is 22.8 Å². The van der Waals surface area contributed by atoms with Gasteiger partial charge in [0.1, 0.15) is 0 Å². The molecule has 0 radical (unpaired) electrons. The first-order valence-corrected chi connectivity index (χ1v) is 7.12. The van der Waals surface area contributed by atoms with Crippen LogP contribution >= 0.6 is 22.7 Å². The van der Waals surface area contributed by atoms with Crippen molar-refractivity contribution in [3.63, 3.8) is 0 Å². The molecule has 0 saturated heterocycles. The van der Waals surface area contributed by atoms with Gasteiger partial charge in [0.25, 0.3) is 0 Å². The first-order valence-electron chi connectivity index (χ1n) is 5.29. The molecule has 0 aliphatic rings. The largest absolute Gasteiger partial charge is 0.387 e. The van der Waals surface area contributed by atoms with E-state index in [9.17, 15) is 5.11 Å². The van der Waals surface area contributed by atoms with Crippen molar-refractivity contribution in [3.05, 3.63) is 44.8 Å². The summed E-state index contributed by atoms with van der Waals surface area (Å²) >= 11 is 3.40. The second kappa shape index (κ2) is 6.15. The van der Waals surface area contributed by atoms with Crippen molar-refractivity contribution in [1.29, 1.82) is 0 Å². The Morgan fingerprint density at radius 3 is 2.94 bits per heavy atom. The maximum absolute atomic E-state index is 9.81. The first-order chi connectivity index (χ1) is 7.86. The Kier molecular flexibility index (Phi) is 4.54. The van der Waals surface area contributed by atoms with Crippen LogP contribution in [0, 0.1) is 0 Å². The lowest BCUT2D eigenvalue weighted by Gasteiger charge is -2.09. The van der Waals surface area contributed by atoms with Crippen molar-refractivity contribution in [2.75, 3.05) is 13.1 Å². The van der Waals surface area contributed by atoms with E-state index in [4.69, 9.17) is 0 Å². The third kappa shape index (κ3) is 3.42. The van der Waals surface area contributed by atoms with Crippen molar-refractivity contribution in [2.24, 2.45) is 0 Å². The molecule has 0 saturated carbocycles. The fraction of sp³-hybridized carbons (Fsp3) is 0.333. The van der Waals surface area contributed by atoms with Crippen molar-refractivity contribution in [3.8, 4) is 0 Å². The average Bonchev–Trinajstić information content (AvgIpc) is 2.96. The number of hydrogen-bond acceptors (Lipinski definition) is 4. The van der Waals surface area contributed by atoms with Crippen LogP contribution in [0.2, 0.25) is 0 Å². The van der Waals surface area contributed by atoms with E-state index >= 15 is 0 Å². The molecular formula is C12H15NOS2. The van der Waals surface area contributed by atoms with E-state index in [1.807, 2.05) is 16.8 Å². The highest BCUT2D eigenvalue weighted by Crippen LogP contribution is 2.15. The maximum atomic E-state index is 9.81. The fourth-order valence-corrected chi connectivity index (χ4v) is 2.90. The van der Waals surface area contributed by atoms with Gasteiger partial charge in [-0.1, -0.05) is 6.07 Å². The van der Waals surface area contributed by atoms with Crippen molar-refractivity contribution in [1.82, 2.24) is 5.32 Å². The molecule has 2 nitrogen and oxygen atoms in total. The van der Waals surface area contributed by atoms with Crippen molar-refractivity contribution < 1.29 is 5.11 Å². The molecule has 0 fully saturated rings. The van der Waals surface area contributed by atoms with Crippen LogP contribution in [0.15, 0.2) is 34.3 Å². The van der Waals surface area contributed by atoms with Gasteiger partial charge in [0, 0.05) is 18.0 Å². The molecule has 16 heavy (non-hydrogen) atoms. The predicted octanol–water partition coefficient (Wildman–Crippen LogP) is 2.68. The molecule has 2 N–H and O–H groups in total. The van der Waals surface area contributed by atoms with Crippen molar-refractivity contribution >= 4 is 22.7 Å². The summed E-state index contributed by atoms with van der Waals surface area (Å²) < 4.78 is 0. The minimum Gasteiger partial charge on any atom is -0.387 e. The normalized spacial score (nSPS) is 12.8. The summed E-state index contributed by atoms with van der Waals surface area (Å²) in [7, 11) is 0. The first kappa shape index (κ1) is 11.8. The van der Waals surface area contributed by atoms with E-state index in [1.54, 1.807) is 22.7 Å². The van der Waals surface area contributed by atoms with Gasteiger partial charge in [-0.05, 0) is 40.3 Å². The molecule has 0 aliphatic heterocycles. The molecule has 1 atom stereocenters. The van der Waals surface area contributed by atoms with Gasteiger partial charge < -0.3 is 10.4 Å². The van der Waals surface area contributed by atoms with Crippen LogP contribution in [0.3, 0.4) is 0 Å². The van der Waals surface area contributed by atoms with Crippen molar-refractivity contribution in [2.45, 2.75) is 12.5 Å². The summed E-state index contributed by atoms with van der Waals surface area (Å²) in [6.45, 7) is 1.55. The van der Waals surface area contributed by atoms with Crippen LogP contribution in [-0.4, -0.2) is 18.2 Å². The highest BCUT2D eigenvalue weighted by Gasteiger charge is 2.06. The zero-order valence-corrected chi connectivity index (χ0v) is 10.6. The fourth-order valence-electron chi connectivity index (χ4n) is 1.49. The Morgan fingerprint density at radius 1 is 1.31 bits per heavy atom. The summed E-state index contributed by atoms with van der Waals surface area (Å²) in [5.74, 6) is 0. The minimum absolute atomic E-state index is 0.380. The number of aliphatic hydroxyl groups excluding tert-OH is 1. The summed E-state index contributed by atoms with van der Waals surface area (Å²) in [6, 6.07) is 6.18. The summed E-state index contributed by atoms with van der Waals surface area (Å²) in [5.41, 5.74) is 1.01. The Bertz CT molecular complexity index is 383. The number of hydrogen-bond donors (Lipinski definition) is 2. The van der Waals surface area contributed by atoms with Gasteiger partial charge in [-0.2, -0.15) is 11.3 Å². The van der Waals surface area contributed by atoms with Crippen LogP contribution in [0.5, 0.6) is 0 Å². The number of nitrogens with one attached hydrogen (secondary N) is 1. The molecule has 0 amide bonds. The standard InChI is InChI=1S/C12H15NOS2/c14-12(10-4-7-15-9-10)8-13-5-3-11-2-1-6-16-11/h1-2,4,6-7,9,12-14H,3,5,8H2. The molecule has 2 heterocycles. The van der Waals surface area contributed by atoms with E-state index < -0.39 is 0 Å². The summed E-state index contributed by atoms with van der Waals surface area (Å²) in [6.07, 6.45) is 0.656. The molecule has 86 valence electrons. The van der Waals surface area contributed by atoms with Gasteiger partial charge in [-0.25, -0.2) is 0 Å². The zero-order valence-electron chi connectivity index (χ0n) is 8.93. The van der Waals surface area contributed by atoms with E-state index in [0.717, 1.165) is 18.5 Å². The Labute approximate surface area is 104 Å². The lowest BCUT2D eigenvalue weighted by atomic mass is 10.2. The quantitative estimate of drug-likeness (QED) is 0.776. The molecule has 0 aromatic carbocycles. The molecule has 1 unspecified atom stereocenters. The van der Waals surface area contributed by atoms with Gasteiger partial charge in [0.05, 0.1) is 6.10 Å². The zero-order chi connectivity index (χ0) is 11.2. The van der Waals surface area contributed by atoms with Gasteiger partial charge >= 0.3 is 0 Å². The smallest absolute Gasteiger partial charge is 0.0922 e. The number of aliphatic hydroxyl groups is 1. The maximum Gasteiger partial charge on any atom is 0.0922 e. The van der Waals surface area contributed by atoms with Crippen LogP contribution in [-0.2, 0) is 6.42 Å². The molecule has 2 aromatic heterocycles. The van der Waals surface area contributed by atoms with Gasteiger partial charge in [-0.15, -0.1) is 11.3 Å². The molecular weight excluding hydrogens is 238 g/mol. The van der Waals surface area contributed by atoms with Crippen LogP contribution in [0.1, 0.15) is 16.5 Å². The molecule has 4 heteroatoms. The van der Waals surface area contributed by atoms with E-state index in [0.29, 0.717) is 6.54 Å². The monoisotopic (exact) mass is 253 g/mol. The highest BCUT2D eigenvalue weighted by molar-refractivity contribution is 7.09. The van der Waals surface area contributed by atoms with E-state index in [1.165, 1.54) is 4.88 Å². The summed E-state index contributed by atoms with van der Waals surface area (Å²) in [4.78, 5) is 1.39. The number of thiophene rings is 2. The third-order valence-electron chi connectivity index (χ3n) is 2.39. The van der Waals surface area contributed by atoms with Gasteiger partial charge in [0.15, 0.2) is 0 Å². The lowest BCUT2D eigenvalue weighted by Crippen LogP contribution is -2.23. The van der Waals surface area contributed by atoms with Gasteiger partial charge in [0.2, 0.25) is 0 Å². The summed E-state index contributed by atoms with van der Waals surface area (Å²) in [5, 5.41) is 19.2. The molecule has 2 aromatic rings. The average molecular weight is 253 g/mol. The molecule has 2 rings (SSSR count). The molecule has 0 spiro atoms. The van der Waals surface area contributed by atoms with Gasteiger partial charge in [-0.3, -0.25) is 0 Å². The second-order valence-corrected chi connectivity index (χ2v) is 5.42. The Hall–Kier alpha value is -0.680. The van der Waals surface area contributed by atoms with Crippen LogP contribution < -0.4 is 5.32 Å². The SMILES string of the molecule is OC(CNCCc1cccs1)c1ccsc1. The minimum atomic E-state index is -0.380. The number of rotatable bonds is 6. The predicted molar refractivity (Wildman–Crippen MR) is 70.2 cm³/mol. The molecule has 0 aliphatic carbocycles. The lowest BCUT2D eigenvalue weighted by molar-refractivity contribution is 0.175. The van der Waals surface area contributed by atoms with Crippen LogP contribution in [0.25, 0.3) is 0 Å². The van der Waals surface area contributed by atoms with E-state index in [-0.39, 0.29) is 6.10 Å². The topological polar surface area (TPSA) is 32.3 Å². The highest BCUT2D eigenvalue weighted by atomic mass is 32.1. The molecule has 0 bridgehead atoms. The second-order valence-electron chi connectivity index (χ2n) is 3.61. The Morgan fingerprint density at radius 2 is 2.25 bits per heavy atom. The Balaban J connectivity index is 1.65. The van der Waals surface area contributed by atoms with Crippen LogP contribution in [0.4, 0.5) is 0 Å². The third-order valence-corrected chi connectivity index (χ3v) is 4.03.